The zero-order valence-electron chi connectivity index (χ0n) is 19.0. The van der Waals surface area contributed by atoms with Crippen LogP contribution in [-0.4, -0.2) is 40.8 Å². The summed E-state index contributed by atoms with van der Waals surface area (Å²) in [5.41, 5.74) is 1.26. The van der Waals surface area contributed by atoms with Gasteiger partial charge in [0.15, 0.2) is 5.13 Å². The Balaban J connectivity index is 1.35. The number of likely N-dealkylation sites (tertiary alicyclic amines) is 1. The van der Waals surface area contributed by atoms with Gasteiger partial charge in [-0.3, -0.25) is 19.8 Å². The number of rotatable bonds is 7. The van der Waals surface area contributed by atoms with Crippen LogP contribution in [0, 0.1) is 5.82 Å². The topological polar surface area (TPSA) is 74.3 Å². The maximum absolute atomic E-state index is 14.1. The number of carbonyl (C=O) groups excluding carboxylic acids is 2. The van der Waals surface area contributed by atoms with E-state index >= 15 is 0 Å². The first-order valence-electron chi connectivity index (χ1n) is 11.5. The van der Waals surface area contributed by atoms with Crippen LogP contribution in [0.15, 0.2) is 42.5 Å². The van der Waals surface area contributed by atoms with Gasteiger partial charge in [-0.25, -0.2) is 9.37 Å². The molecule has 0 spiro atoms. The predicted octanol–water partition coefficient (Wildman–Crippen LogP) is 4.82. The molecule has 4 rings (SSSR count). The minimum atomic E-state index is -0.320. The lowest BCUT2D eigenvalue weighted by atomic mass is 9.90. The van der Waals surface area contributed by atoms with Gasteiger partial charge in [-0.05, 0) is 44.7 Å². The van der Waals surface area contributed by atoms with Gasteiger partial charge in [-0.15, -0.1) is 11.3 Å². The average molecular weight is 503 g/mol. The van der Waals surface area contributed by atoms with E-state index in [1.807, 2.05) is 13.0 Å². The lowest BCUT2D eigenvalue weighted by Crippen LogP contribution is -2.40. The fourth-order valence-corrected chi connectivity index (χ4v) is 5.72. The highest BCUT2D eigenvalue weighted by molar-refractivity contribution is 7.15. The van der Waals surface area contributed by atoms with Crippen molar-refractivity contribution in [3.8, 4) is 0 Å². The van der Waals surface area contributed by atoms with Gasteiger partial charge in [0.1, 0.15) is 5.82 Å². The lowest BCUT2D eigenvalue weighted by molar-refractivity contribution is -0.123. The number of nitrogens with zero attached hydrogens (tertiary/aromatic N) is 2. The number of hydrogen-bond acceptors (Lipinski definition) is 5. The van der Waals surface area contributed by atoms with Crippen LogP contribution < -0.4 is 10.6 Å². The first-order chi connectivity index (χ1) is 16.4. The highest BCUT2D eigenvalue weighted by Gasteiger charge is 2.33. The highest BCUT2D eigenvalue weighted by atomic mass is 35.5. The number of fused-ring (bicyclic) bond motifs is 1. The van der Waals surface area contributed by atoms with Crippen LogP contribution in [0.5, 0.6) is 0 Å². The molecular weight excluding hydrogens is 475 g/mol. The highest BCUT2D eigenvalue weighted by Crippen LogP contribution is 2.37. The second-order valence-electron chi connectivity index (χ2n) is 8.58. The summed E-state index contributed by atoms with van der Waals surface area (Å²) in [5.74, 6) is -0.906. The number of amides is 2. The summed E-state index contributed by atoms with van der Waals surface area (Å²) in [5, 5.41) is 6.91. The van der Waals surface area contributed by atoms with Gasteiger partial charge in [0, 0.05) is 47.2 Å². The predicted molar refractivity (Wildman–Crippen MR) is 134 cm³/mol. The van der Waals surface area contributed by atoms with E-state index in [1.165, 1.54) is 23.5 Å². The molecule has 2 atom stereocenters. The number of hydrogen-bond donors (Lipinski definition) is 2. The Bertz CT molecular complexity index is 1100. The van der Waals surface area contributed by atoms with Gasteiger partial charge in [0.2, 0.25) is 11.8 Å². The number of nitrogens with one attached hydrogen (secondary N) is 2. The van der Waals surface area contributed by atoms with Gasteiger partial charge in [-0.2, -0.15) is 0 Å². The van der Waals surface area contributed by atoms with E-state index in [9.17, 15) is 14.0 Å². The number of benzene rings is 1. The number of thiazole rings is 1. The number of carbonyl (C=O) groups is 2. The lowest BCUT2D eigenvalue weighted by Gasteiger charge is -2.23. The van der Waals surface area contributed by atoms with Crippen molar-refractivity contribution in [2.75, 3.05) is 18.4 Å². The number of anilines is 1. The van der Waals surface area contributed by atoms with Crippen molar-refractivity contribution in [1.29, 1.82) is 0 Å². The van der Waals surface area contributed by atoms with Crippen LogP contribution in [0.2, 0.25) is 5.02 Å². The van der Waals surface area contributed by atoms with E-state index < -0.39 is 0 Å². The Kier molecular flexibility index (Phi) is 8.13. The second-order valence-corrected chi connectivity index (χ2v) is 10.1. The van der Waals surface area contributed by atoms with Crippen LogP contribution in [0.1, 0.15) is 48.2 Å². The molecule has 1 aromatic carbocycles. The summed E-state index contributed by atoms with van der Waals surface area (Å²) in [7, 11) is 0. The van der Waals surface area contributed by atoms with Gasteiger partial charge in [0.05, 0.1) is 11.6 Å². The van der Waals surface area contributed by atoms with Crippen molar-refractivity contribution in [1.82, 2.24) is 15.2 Å². The molecule has 2 aliphatic rings. The molecule has 6 nitrogen and oxygen atoms in total. The number of allylic oxidation sites excluding steroid dienone is 3. The summed E-state index contributed by atoms with van der Waals surface area (Å²) in [4.78, 5) is 33.0. The Morgan fingerprint density at radius 3 is 2.97 bits per heavy atom. The Morgan fingerprint density at radius 1 is 1.32 bits per heavy atom. The van der Waals surface area contributed by atoms with Gasteiger partial charge >= 0.3 is 0 Å². The van der Waals surface area contributed by atoms with Gasteiger partial charge < -0.3 is 5.32 Å². The van der Waals surface area contributed by atoms with E-state index in [2.05, 4.69) is 20.5 Å². The third kappa shape index (κ3) is 5.92. The molecule has 9 heteroatoms. The van der Waals surface area contributed by atoms with E-state index in [4.69, 9.17) is 11.6 Å². The molecular formula is C25H28ClFN4O2S. The molecule has 1 fully saturated rings. The maximum atomic E-state index is 14.1. The third-order valence-electron chi connectivity index (χ3n) is 6.11. The van der Waals surface area contributed by atoms with E-state index in [1.54, 1.807) is 24.3 Å². The largest absolute Gasteiger partial charge is 0.351 e. The summed E-state index contributed by atoms with van der Waals surface area (Å²) in [6.07, 6.45) is 10.0. The minimum absolute atomic E-state index is 0.00186. The Labute approximate surface area is 207 Å². The van der Waals surface area contributed by atoms with Crippen molar-refractivity contribution < 1.29 is 14.0 Å². The smallest absolute Gasteiger partial charge is 0.250 e. The van der Waals surface area contributed by atoms with Crippen LogP contribution in [0.25, 0.3) is 0 Å². The summed E-state index contributed by atoms with van der Waals surface area (Å²) < 4.78 is 14.1. The van der Waals surface area contributed by atoms with Crippen molar-refractivity contribution in [3.63, 3.8) is 0 Å². The maximum Gasteiger partial charge on any atom is 0.250 e. The fraction of sp³-hybridized carbons (Fsp3) is 0.400. The first kappa shape index (κ1) is 24.6. The molecule has 180 valence electrons. The van der Waals surface area contributed by atoms with Crippen molar-refractivity contribution in [2.45, 2.75) is 51.1 Å². The summed E-state index contributed by atoms with van der Waals surface area (Å²) >= 11 is 7.61. The molecule has 2 aromatic rings. The van der Waals surface area contributed by atoms with E-state index in [0.29, 0.717) is 28.8 Å². The van der Waals surface area contributed by atoms with Crippen molar-refractivity contribution in [3.05, 3.63) is 69.5 Å². The molecule has 0 radical (unpaired) electrons. The Hall–Kier alpha value is -2.55. The van der Waals surface area contributed by atoms with Gasteiger partial charge in [-0.1, -0.05) is 35.9 Å². The molecule has 2 N–H and O–H groups in total. The average Bonchev–Trinajstić information content (AvgIpc) is 3.42. The zero-order valence-corrected chi connectivity index (χ0v) is 20.6. The molecule has 2 unspecified atom stereocenters. The van der Waals surface area contributed by atoms with Crippen molar-refractivity contribution >= 4 is 39.9 Å². The molecule has 1 aromatic heterocycles. The normalized spacial score (nSPS) is 20.7. The molecule has 34 heavy (non-hydrogen) atoms. The van der Waals surface area contributed by atoms with E-state index in [-0.39, 0.29) is 29.6 Å². The molecule has 0 saturated carbocycles. The van der Waals surface area contributed by atoms with Gasteiger partial charge in [0.25, 0.3) is 0 Å². The molecule has 0 bridgehead atoms. The second kappa shape index (κ2) is 11.3. The zero-order chi connectivity index (χ0) is 24.1. The quantitative estimate of drug-likeness (QED) is 0.420. The minimum Gasteiger partial charge on any atom is -0.351 e. The molecule has 1 saturated heterocycles. The number of aryl methyl sites for hydroxylation is 1. The SMILES string of the molecule is C/C=C/C=C/C(=O)Nc1nc2c(s1)CCCC2C(=O)NC1CCN(Cc2c(F)cccc2Cl)C1. The third-order valence-corrected chi connectivity index (χ3v) is 7.51. The first-order valence-corrected chi connectivity index (χ1v) is 12.7. The van der Waals surface area contributed by atoms with Crippen LogP contribution >= 0.6 is 22.9 Å². The molecule has 2 amide bonds. The Morgan fingerprint density at radius 2 is 2.18 bits per heavy atom. The monoisotopic (exact) mass is 502 g/mol. The molecule has 2 heterocycles. The molecule has 1 aliphatic carbocycles. The summed E-state index contributed by atoms with van der Waals surface area (Å²) in [6.45, 7) is 3.71. The fourth-order valence-electron chi connectivity index (χ4n) is 4.43. The van der Waals surface area contributed by atoms with Crippen molar-refractivity contribution in [2.24, 2.45) is 0 Å². The summed E-state index contributed by atoms with van der Waals surface area (Å²) in [6, 6.07) is 4.71. The number of halogens is 2. The van der Waals surface area contributed by atoms with E-state index in [0.717, 1.165) is 42.8 Å². The van der Waals surface area contributed by atoms with Crippen LogP contribution in [-0.2, 0) is 22.6 Å². The van der Waals surface area contributed by atoms with Crippen LogP contribution in [0.4, 0.5) is 9.52 Å². The standard InChI is InChI=1S/C25H28ClFN4O2S/c1-2-3-4-11-22(32)29-25-30-23-17(7-5-10-21(23)34-25)24(33)28-16-12-13-31(14-16)15-18-19(26)8-6-9-20(18)27/h2-4,6,8-9,11,16-17H,5,7,10,12-15H2,1H3,(H,28,33)(H,29,30,32)/b3-2+,11-4+. The number of aromatic nitrogens is 1. The molecule has 1 aliphatic heterocycles. The van der Waals surface area contributed by atoms with Crippen LogP contribution in [0.3, 0.4) is 0 Å².